The highest BCUT2D eigenvalue weighted by atomic mass is 32.1. The number of thiophene rings is 1. The van der Waals surface area contributed by atoms with Crippen LogP contribution in [-0.2, 0) is 9.53 Å². The average molecular weight is 254 g/mol. The molecule has 1 aromatic rings. The van der Waals surface area contributed by atoms with Crippen molar-refractivity contribution in [1.29, 1.82) is 0 Å². The summed E-state index contributed by atoms with van der Waals surface area (Å²) in [5.41, 5.74) is 6.79. The van der Waals surface area contributed by atoms with Crippen LogP contribution in [0.2, 0.25) is 0 Å². The van der Waals surface area contributed by atoms with Crippen LogP contribution in [0.5, 0.6) is 0 Å². The van der Waals surface area contributed by atoms with Gasteiger partial charge in [0.05, 0.1) is 18.7 Å². The van der Waals surface area contributed by atoms with Crippen LogP contribution in [0.3, 0.4) is 0 Å². The minimum absolute atomic E-state index is 0.000351. The lowest BCUT2D eigenvalue weighted by atomic mass is 10.1. The fourth-order valence-electron chi connectivity index (χ4n) is 2.06. The van der Waals surface area contributed by atoms with E-state index in [1.165, 1.54) is 0 Å². The van der Waals surface area contributed by atoms with Gasteiger partial charge in [-0.05, 0) is 36.2 Å². The molecule has 1 aromatic heterocycles. The summed E-state index contributed by atoms with van der Waals surface area (Å²) >= 11 is 1.64. The molecule has 2 heterocycles. The minimum Gasteiger partial charge on any atom is -0.367 e. The van der Waals surface area contributed by atoms with Crippen LogP contribution in [-0.4, -0.2) is 36.0 Å². The fourth-order valence-corrected chi connectivity index (χ4v) is 2.76. The molecule has 2 unspecified atom stereocenters. The second-order valence-corrected chi connectivity index (χ2v) is 5.30. The largest absolute Gasteiger partial charge is 0.367 e. The summed E-state index contributed by atoms with van der Waals surface area (Å²) in [6.07, 6.45) is 0.0315. The Balaban J connectivity index is 2.09. The van der Waals surface area contributed by atoms with Gasteiger partial charge in [-0.2, -0.15) is 11.3 Å². The summed E-state index contributed by atoms with van der Waals surface area (Å²) in [4.78, 5) is 13.7. The first-order chi connectivity index (χ1) is 8.08. The third-order valence-electron chi connectivity index (χ3n) is 2.88. The molecule has 17 heavy (non-hydrogen) atoms. The van der Waals surface area contributed by atoms with Crippen molar-refractivity contribution in [2.75, 3.05) is 13.1 Å². The Bertz CT molecular complexity index is 378. The molecular weight excluding hydrogens is 236 g/mol. The Hall–Kier alpha value is -0.910. The Morgan fingerprint density at radius 1 is 1.65 bits per heavy atom. The van der Waals surface area contributed by atoms with Gasteiger partial charge in [-0.15, -0.1) is 0 Å². The van der Waals surface area contributed by atoms with Crippen LogP contribution >= 0.6 is 11.3 Å². The highest BCUT2D eigenvalue weighted by Crippen LogP contribution is 2.26. The van der Waals surface area contributed by atoms with Gasteiger partial charge in [-0.25, -0.2) is 0 Å². The maximum atomic E-state index is 11.9. The number of rotatable bonds is 2. The van der Waals surface area contributed by atoms with Crippen molar-refractivity contribution in [3.63, 3.8) is 0 Å². The predicted octanol–water partition coefficient (Wildman–Crippen LogP) is 1.38. The quantitative estimate of drug-likeness (QED) is 0.867. The molecule has 2 N–H and O–H groups in total. The number of nitrogens with two attached hydrogens (primary N) is 1. The van der Waals surface area contributed by atoms with Gasteiger partial charge in [0.1, 0.15) is 6.10 Å². The zero-order valence-corrected chi connectivity index (χ0v) is 10.9. The summed E-state index contributed by atoms with van der Waals surface area (Å²) in [5, 5.41) is 4.09. The van der Waals surface area contributed by atoms with E-state index in [1.54, 1.807) is 23.2 Å². The van der Waals surface area contributed by atoms with E-state index in [9.17, 15) is 4.79 Å². The van der Waals surface area contributed by atoms with Crippen LogP contribution in [0.25, 0.3) is 0 Å². The molecule has 94 valence electrons. The lowest BCUT2D eigenvalue weighted by Gasteiger charge is -2.37. The van der Waals surface area contributed by atoms with Crippen LogP contribution in [0.1, 0.15) is 25.5 Å². The predicted molar refractivity (Wildman–Crippen MR) is 67.8 cm³/mol. The van der Waals surface area contributed by atoms with E-state index in [4.69, 9.17) is 10.5 Å². The Labute approximate surface area is 105 Å². The van der Waals surface area contributed by atoms with Crippen molar-refractivity contribution < 1.29 is 9.53 Å². The van der Waals surface area contributed by atoms with Gasteiger partial charge in [-0.3, -0.25) is 4.79 Å². The molecule has 1 aliphatic rings. The van der Waals surface area contributed by atoms with Crippen molar-refractivity contribution in [3.05, 3.63) is 22.4 Å². The van der Waals surface area contributed by atoms with Gasteiger partial charge in [0, 0.05) is 6.54 Å². The number of amides is 1. The zero-order valence-electron chi connectivity index (χ0n) is 10.1. The third kappa shape index (κ3) is 2.86. The van der Waals surface area contributed by atoms with Crippen LogP contribution in [0, 0.1) is 0 Å². The van der Waals surface area contributed by atoms with Crippen molar-refractivity contribution >= 4 is 17.2 Å². The number of carbonyl (C=O) groups is 1. The fraction of sp³-hybridized carbons (Fsp3) is 0.583. The molecular formula is C12H18N2O2S. The Morgan fingerprint density at radius 2 is 2.41 bits per heavy atom. The molecule has 0 spiro atoms. The van der Waals surface area contributed by atoms with Crippen molar-refractivity contribution in [3.8, 4) is 0 Å². The van der Waals surface area contributed by atoms with E-state index in [2.05, 4.69) is 5.38 Å². The zero-order chi connectivity index (χ0) is 12.4. The standard InChI is InChI=1S/C12H18N2O2S/c1-8-5-14(12(15)9(2)13)6-11(16-8)10-3-4-17-7-10/h3-4,7-9,11H,5-6,13H2,1-2H3/t8?,9-,11?/m0/s1. The highest BCUT2D eigenvalue weighted by Gasteiger charge is 2.30. The van der Waals surface area contributed by atoms with Crippen molar-refractivity contribution in [2.24, 2.45) is 5.73 Å². The lowest BCUT2D eigenvalue weighted by molar-refractivity contribution is -0.145. The molecule has 1 amide bonds. The van der Waals surface area contributed by atoms with Gasteiger partial charge in [0.2, 0.25) is 5.91 Å². The average Bonchev–Trinajstić information content (AvgIpc) is 2.80. The number of nitrogens with zero attached hydrogens (tertiary/aromatic N) is 1. The van der Waals surface area contributed by atoms with Crippen molar-refractivity contribution in [1.82, 2.24) is 4.90 Å². The maximum Gasteiger partial charge on any atom is 0.239 e. The lowest BCUT2D eigenvalue weighted by Crippen LogP contribution is -2.50. The molecule has 0 radical (unpaired) electrons. The maximum absolute atomic E-state index is 11.9. The summed E-state index contributed by atoms with van der Waals surface area (Å²) in [6, 6.07) is 1.60. The second kappa shape index (κ2) is 5.16. The van der Waals surface area contributed by atoms with Gasteiger partial charge in [0.15, 0.2) is 0 Å². The van der Waals surface area contributed by atoms with E-state index < -0.39 is 6.04 Å². The van der Waals surface area contributed by atoms with Crippen LogP contribution in [0.15, 0.2) is 16.8 Å². The number of hydrogen-bond donors (Lipinski definition) is 1. The topological polar surface area (TPSA) is 55.6 Å². The SMILES string of the molecule is CC1CN(C(=O)[C@H](C)N)CC(c2ccsc2)O1. The Kier molecular flexibility index (Phi) is 3.81. The van der Waals surface area contributed by atoms with E-state index in [1.807, 2.05) is 18.4 Å². The highest BCUT2D eigenvalue weighted by molar-refractivity contribution is 7.07. The molecule has 2 rings (SSSR count). The van der Waals surface area contributed by atoms with E-state index in [-0.39, 0.29) is 18.1 Å². The molecule has 5 heteroatoms. The van der Waals surface area contributed by atoms with E-state index >= 15 is 0 Å². The molecule has 0 saturated carbocycles. The molecule has 4 nitrogen and oxygen atoms in total. The Morgan fingerprint density at radius 3 is 3.00 bits per heavy atom. The second-order valence-electron chi connectivity index (χ2n) is 4.52. The van der Waals surface area contributed by atoms with E-state index in [0.29, 0.717) is 13.1 Å². The van der Waals surface area contributed by atoms with Crippen molar-refractivity contribution in [2.45, 2.75) is 32.1 Å². The summed E-state index contributed by atoms with van der Waals surface area (Å²) in [7, 11) is 0. The minimum atomic E-state index is -0.441. The van der Waals surface area contributed by atoms with Crippen LogP contribution in [0.4, 0.5) is 0 Å². The smallest absolute Gasteiger partial charge is 0.239 e. The molecule has 0 bridgehead atoms. The third-order valence-corrected chi connectivity index (χ3v) is 3.58. The van der Waals surface area contributed by atoms with Gasteiger partial charge >= 0.3 is 0 Å². The van der Waals surface area contributed by atoms with Crippen LogP contribution < -0.4 is 5.73 Å². The molecule has 1 fully saturated rings. The monoisotopic (exact) mass is 254 g/mol. The van der Waals surface area contributed by atoms with Gasteiger partial charge in [-0.1, -0.05) is 0 Å². The summed E-state index contributed by atoms with van der Waals surface area (Å²) in [5.74, 6) is 0.000351. The van der Waals surface area contributed by atoms with Gasteiger partial charge < -0.3 is 15.4 Å². The molecule has 1 saturated heterocycles. The molecule has 0 aliphatic carbocycles. The number of carbonyl (C=O) groups excluding carboxylic acids is 1. The number of hydrogen-bond acceptors (Lipinski definition) is 4. The number of morpholine rings is 1. The normalized spacial score (nSPS) is 26.9. The van der Waals surface area contributed by atoms with E-state index in [0.717, 1.165) is 5.56 Å². The number of ether oxygens (including phenoxy) is 1. The first kappa shape index (κ1) is 12.5. The molecule has 0 aromatic carbocycles. The summed E-state index contributed by atoms with van der Waals surface area (Å²) < 4.78 is 5.86. The summed E-state index contributed by atoms with van der Waals surface area (Å²) in [6.45, 7) is 4.94. The first-order valence-electron chi connectivity index (χ1n) is 5.80. The molecule has 3 atom stereocenters. The van der Waals surface area contributed by atoms with Gasteiger partial charge in [0.25, 0.3) is 0 Å². The first-order valence-corrected chi connectivity index (χ1v) is 6.74. The molecule has 1 aliphatic heterocycles.